The van der Waals surface area contributed by atoms with E-state index in [4.69, 9.17) is 27.9 Å². The number of methoxy groups -OCH3 is 1. The Bertz CT molecular complexity index is 1250. The van der Waals surface area contributed by atoms with Crippen molar-refractivity contribution in [2.75, 3.05) is 20.2 Å². The van der Waals surface area contributed by atoms with Crippen LogP contribution in [0, 0.1) is 0 Å². The number of amides is 1. The van der Waals surface area contributed by atoms with E-state index in [1.54, 1.807) is 30.3 Å². The lowest BCUT2D eigenvalue weighted by Crippen LogP contribution is -2.40. The third-order valence-electron chi connectivity index (χ3n) is 4.88. The van der Waals surface area contributed by atoms with E-state index in [0.29, 0.717) is 27.8 Å². The first-order valence-corrected chi connectivity index (χ1v) is 12.4. The number of carbonyl (C=O) groups excluding carboxylic acids is 1. The van der Waals surface area contributed by atoms with E-state index in [-0.39, 0.29) is 11.4 Å². The van der Waals surface area contributed by atoms with Crippen molar-refractivity contribution >= 4 is 45.3 Å². The van der Waals surface area contributed by atoms with E-state index < -0.39 is 22.5 Å². The fourth-order valence-corrected chi connectivity index (χ4v) is 4.82. The minimum Gasteiger partial charge on any atom is -0.497 e. The molecular weight excluding hydrogens is 497 g/mol. The maximum absolute atomic E-state index is 13.3. The molecule has 0 bridgehead atoms. The summed E-state index contributed by atoms with van der Waals surface area (Å²) in [6.45, 7) is -0.308. The largest absolute Gasteiger partial charge is 0.497 e. The number of ether oxygens (including phenoxy) is 1. The van der Waals surface area contributed by atoms with Crippen LogP contribution < -0.4 is 10.2 Å². The van der Waals surface area contributed by atoms with Gasteiger partial charge in [0.2, 0.25) is 10.0 Å². The molecule has 0 unspecified atom stereocenters. The molecule has 10 heteroatoms. The zero-order valence-electron chi connectivity index (χ0n) is 18.3. The highest BCUT2D eigenvalue weighted by Gasteiger charge is 2.26. The van der Waals surface area contributed by atoms with Crippen LogP contribution >= 0.6 is 23.2 Å². The monoisotopic (exact) mass is 519 g/mol. The first-order chi connectivity index (χ1) is 16.3. The van der Waals surface area contributed by atoms with E-state index in [1.165, 1.54) is 25.5 Å². The SMILES string of the molecule is COc1ccc(S(=O)(=O)N(CCc2ccccc2)CC(=O)N/N=C\c2cccc(Cl)c2Cl)cc1. The Morgan fingerprint density at radius 1 is 1.03 bits per heavy atom. The summed E-state index contributed by atoms with van der Waals surface area (Å²) in [5.41, 5.74) is 3.82. The number of rotatable bonds is 10. The van der Waals surface area contributed by atoms with Gasteiger partial charge in [-0.3, -0.25) is 4.79 Å². The average Bonchev–Trinajstić information content (AvgIpc) is 2.85. The van der Waals surface area contributed by atoms with Gasteiger partial charge in [0.15, 0.2) is 0 Å². The molecule has 0 saturated heterocycles. The molecule has 7 nitrogen and oxygen atoms in total. The zero-order valence-corrected chi connectivity index (χ0v) is 20.6. The Hall–Kier alpha value is -2.91. The van der Waals surface area contributed by atoms with Gasteiger partial charge in [0.25, 0.3) is 5.91 Å². The normalized spacial score (nSPS) is 11.6. The number of sulfonamides is 1. The van der Waals surface area contributed by atoms with Gasteiger partial charge in [0.1, 0.15) is 5.75 Å². The average molecular weight is 520 g/mol. The molecule has 34 heavy (non-hydrogen) atoms. The van der Waals surface area contributed by atoms with E-state index in [1.807, 2.05) is 30.3 Å². The second-order valence-electron chi connectivity index (χ2n) is 7.19. The quantitative estimate of drug-likeness (QED) is 0.318. The van der Waals surface area contributed by atoms with Crippen molar-refractivity contribution in [1.82, 2.24) is 9.73 Å². The van der Waals surface area contributed by atoms with Crippen LogP contribution in [0.1, 0.15) is 11.1 Å². The highest BCUT2D eigenvalue weighted by atomic mass is 35.5. The molecule has 0 aliphatic carbocycles. The van der Waals surface area contributed by atoms with Crippen LogP contribution in [0.25, 0.3) is 0 Å². The van der Waals surface area contributed by atoms with Gasteiger partial charge in [-0.2, -0.15) is 9.41 Å². The number of benzene rings is 3. The Kier molecular flexibility index (Phi) is 9.06. The number of nitrogens with one attached hydrogen (secondary N) is 1. The highest BCUT2D eigenvalue weighted by molar-refractivity contribution is 7.89. The number of carbonyl (C=O) groups is 1. The Labute approximate surface area is 209 Å². The van der Waals surface area contributed by atoms with Gasteiger partial charge in [0, 0.05) is 12.1 Å². The summed E-state index contributed by atoms with van der Waals surface area (Å²) in [4.78, 5) is 12.6. The Balaban J connectivity index is 1.76. The first kappa shape index (κ1) is 25.7. The smallest absolute Gasteiger partial charge is 0.255 e. The molecular formula is C24H23Cl2N3O4S. The number of hydrogen-bond acceptors (Lipinski definition) is 5. The molecule has 0 spiro atoms. The van der Waals surface area contributed by atoms with Gasteiger partial charge in [-0.05, 0) is 42.3 Å². The summed E-state index contributed by atoms with van der Waals surface area (Å²) >= 11 is 12.1. The topological polar surface area (TPSA) is 88.1 Å². The Morgan fingerprint density at radius 2 is 1.74 bits per heavy atom. The molecule has 3 aromatic rings. The lowest BCUT2D eigenvalue weighted by atomic mass is 10.1. The minimum absolute atomic E-state index is 0.0587. The molecule has 3 rings (SSSR count). The molecule has 0 radical (unpaired) electrons. The number of nitrogens with zero attached hydrogens (tertiary/aromatic N) is 2. The molecule has 1 N–H and O–H groups in total. The molecule has 0 aliphatic heterocycles. The van der Waals surface area contributed by atoms with Gasteiger partial charge in [-0.1, -0.05) is 65.7 Å². The predicted octanol–water partition coefficient (Wildman–Crippen LogP) is 4.39. The van der Waals surface area contributed by atoms with Gasteiger partial charge in [0.05, 0.1) is 34.8 Å². The number of halogens is 2. The molecule has 0 aromatic heterocycles. The summed E-state index contributed by atoms with van der Waals surface area (Å²) in [5, 5.41) is 4.54. The van der Waals surface area contributed by atoms with Crippen molar-refractivity contribution < 1.29 is 17.9 Å². The summed E-state index contributed by atoms with van der Waals surface area (Å²) < 4.78 is 32.8. The van der Waals surface area contributed by atoms with Crippen molar-refractivity contribution in [3.8, 4) is 5.75 Å². The van der Waals surface area contributed by atoms with Crippen molar-refractivity contribution in [3.05, 3.63) is 94.0 Å². The summed E-state index contributed by atoms with van der Waals surface area (Å²) in [5.74, 6) is -0.0684. The van der Waals surface area contributed by atoms with Gasteiger partial charge in [-0.25, -0.2) is 13.8 Å². The van der Waals surface area contributed by atoms with E-state index in [0.717, 1.165) is 9.87 Å². The van der Waals surface area contributed by atoms with Crippen molar-refractivity contribution in [2.24, 2.45) is 5.10 Å². The van der Waals surface area contributed by atoms with E-state index >= 15 is 0 Å². The van der Waals surface area contributed by atoms with Crippen LogP contribution in [0.5, 0.6) is 5.75 Å². The van der Waals surface area contributed by atoms with E-state index in [2.05, 4.69) is 10.5 Å². The molecule has 0 saturated carbocycles. The third-order valence-corrected chi connectivity index (χ3v) is 7.58. The van der Waals surface area contributed by atoms with E-state index in [9.17, 15) is 13.2 Å². The van der Waals surface area contributed by atoms with Crippen LogP contribution in [-0.4, -0.2) is 45.0 Å². The lowest BCUT2D eigenvalue weighted by molar-refractivity contribution is -0.121. The summed E-state index contributed by atoms with van der Waals surface area (Å²) in [7, 11) is -2.46. The maximum Gasteiger partial charge on any atom is 0.255 e. The molecule has 0 atom stereocenters. The third kappa shape index (κ3) is 6.80. The highest BCUT2D eigenvalue weighted by Crippen LogP contribution is 2.24. The molecule has 0 fully saturated rings. The van der Waals surface area contributed by atoms with Crippen LogP contribution in [0.3, 0.4) is 0 Å². The van der Waals surface area contributed by atoms with Gasteiger partial charge in [-0.15, -0.1) is 0 Å². The van der Waals surface area contributed by atoms with Gasteiger partial charge >= 0.3 is 0 Å². The van der Waals surface area contributed by atoms with Crippen molar-refractivity contribution in [1.29, 1.82) is 0 Å². The second-order valence-corrected chi connectivity index (χ2v) is 9.91. The van der Waals surface area contributed by atoms with Crippen LogP contribution in [0.15, 0.2) is 82.8 Å². The van der Waals surface area contributed by atoms with Gasteiger partial charge < -0.3 is 4.74 Å². The molecule has 0 heterocycles. The summed E-state index contributed by atoms with van der Waals surface area (Å²) in [6, 6.07) is 20.5. The van der Waals surface area contributed by atoms with Crippen molar-refractivity contribution in [2.45, 2.75) is 11.3 Å². The number of hydrogen-bond donors (Lipinski definition) is 1. The Morgan fingerprint density at radius 3 is 2.41 bits per heavy atom. The summed E-state index contributed by atoms with van der Waals surface area (Å²) in [6.07, 6.45) is 1.78. The standard InChI is InChI=1S/C24H23Cl2N3O4S/c1-33-20-10-12-21(13-11-20)34(31,32)29(15-14-18-6-3-2-4-7-18)17-23(30)28-27-16-19-8-5-9-22(25)24(19)26/h2-13,16H,14-15,17H2,1H3,(H,28,30)/b27-16-. The van der Waals surface area contributed by atoms with Crippen LogP contribution in [0.4, 0.5) is 0 Å². The lowest BCUT2D eigenvalue weighted by Gasteiger charge is -2.21. The molecule has 0 aliphatic rings. The molecule has 1 amide bonds. The minimum atomic E-state index is -3.95. The van der Waals surface area contributed by atoms with Crippen LogP contribution in [-0.2, 0) is 21.2 Å². The van der Waals surface area contributed by atoms with Crippen molar-refractivity contribution in [3.63, 3.8) is 0 Å². The predicted molar refractivity (Wildman–Crippen MR) is 134 cm³/mol. The second kappa shape index (κ2) is 12.0. The number of hydrazone groups is 1. The fraction of sp³-hybridized carbons (Fsp3) is 0.167. The maximum atomic E-state index is 13.3. The molecule has 178 valence electrons. The zero-order chi connectivity index (χ0) is 24.6. The molecule has 3 aromatic carbocycles. The fourth-order valence-electron chi connectivity index (χ4n) is 3.07. The first-order valence-electron chi connectivity index (χ1n) is 10.3. The van der Waals surface area contributed by atoms with Crippen LogP contribution in [0.2, 0.25) is 10.0 Å².